The monoisotopic (exact) mass is 303 g/mol. The molecule has 0 spiro atoms. The molecular formula is C18H27N2O2+. The minimum atomic E-state index is 0.195. The first-order valence-electron chi connectivity index (χ1n) is 7.95. The van der Waals surface area contributed by atoms with Gasteiger partial charge < -0.3 is 9.47 Å². The lowest BCUT2D eigenvalue weighted by Gasteiger charge is -2.13. The van der Waals surface area contributed by atoms with Crippen molar-refractivity contribution in [2.24, 2.45) is 7.05 Å². The molecule has 120 valence electrons. The van der Waals surface area contributed by atoms with Crippen molar-refractivity contribution in [3.05, 3.63) is 42.5 Å². The molecule has 22 heavy (non-hydrogen) atoms. The van der Waals surface area contributed by atoms with E-state index in [1.165, 1.54) is 0 Å². The number of benzene rings is 1. The Balaban J connectivity index is 1.71. The van der Waals surface area contributed by atoms with Gasteiger partial charge in [0.2, 0.25) is 6.33 Å². The lowest BCUT2D eigenvalue weighted by molar-refractivity contribution is -0.671. The third-order valence-corrected chi connectivity index (χ3v) is 3.41. The topological polar surface area (TPSA) is 27.3 Å². The van der Waals surface area contributed by atoms with Crippen LogP contribution in [0.4, 0.5) is 0 Å². The van der Waals surface area contributed by atoms with E-state index < -0.39 is 0 Å². The van der Waals surface area contributed by atoms with Crippen molar-refractivity contribution in [2.75, 3.05) is 6.61 Å². The van der Waals surface area contributed by atoms with Gasteiger partial charge in [0.15, 0.2) is 0 Å². The quantitative estimate of drug-likeness (QED) is 0.553. The molecule has 0 aliphatic rings. The first-order chi connectivity index (χ1) is 10.5. The summed E-state index contributed by atoms with van der Waals surface area (Å²) in [5, 5.41) is 0. The zero-order valence-corrected chi connectivity index (χ0v) is 14.1. The van der Waals surface area contributed by atoms with Crippen LogP contribution in [0.3, 0.4) is 0 Å². The minimum Gasteiger partial charge on any atom is -0.494 e. The van der Waals surface area contributed by atoms with Crippen LogP contribution in [0.25, 0.3) is 0 Å². The third-order valence-electron chi connectivity index (χ3n) is 3.41. The van der Waals surface area contributed by atoms with Gasteiger partial charge >= 0.3 is 0 Å². The molecule has 1 aromatic heterocycles. The van der Waals surface area contributed by atoms with Crippen LogP contribution in [0.2, 0.25) is 0 Å². The summed E-state index contributed by atoms with van der Waals surface area (Å²) in [6.07, 6.45) is 8.60. The fourth-order valence-electron chi connectivity index (χ4n) is 2.32. The minimum absolute atomic E-state index is 0.195. The maximum absolute atomic E-state index is 5.82. The van der Waals surface area contributed by atoms with Gasteiger partial charge in [0.05, 0.1) is 26.3 Å². The number of hydrogen-bond donors (Lipinski definition) is 0. The normalized spacial score (nSPS) is 11.0. The van der Waals surface area contributed by atoms with Gasteiger partial charge in [-0.15, -0.1) is 0 Å². The van der Waals surface area contributed by atoms with E-state index in [1.54, 1.807) is 0 Å². The van der Waals surface area contributed by atoms with Crippen molar-refractivity contribution in [3.63, 3.8) is 0 Å². The predicted molar refractivity (Wildman–Crippen MR) is 87.3 cm³/mol. The van der Waals surface area contributed by atoms with Gasteiger partial charge in [0, 0.05) is 0 Å². The number of aryl methyl sites for hydroxylation is 3. The van der Waals surface area contributed by atoms with Crippen molar-refractivity contribution < 1.29 is 14.0 Å². The predicted octanol–water partition coefficient (Wildman–Crippen LogP) is 3.27. The summed E-state index contributed by atoms with van der Waals surface area (Å²) >= 11 is 0. The van der Waals surface area contributed by atoms with Gasteiger partial charge in [-0.1, -0.05) is 0 Å². The molecule has 0 N–H and O–H groups in total. The fraction of sp³-hybridized carbons (Fsp3) is 0.500. The van der Waals surface area contributed by atoms with Crippen molar-refractivity contribution in [1.29, 1.82) is 0 Å². The summed E-state index contributed by atoms with van der Waals surface area (Å²) in [6.45, 7) is 7.90. The van der Waals surface area contributed by atoms with E-state index in [4.69, 9.17) is 9.47 Å². The van der Waals surface area contributed by atoms with Gasteiger partial charge in [-0.3, -0.25) is 0 Å². The maximum Gasteiger partial charge on any atom is 0.243 e. The zero-order chi connectivity index (χ0) is 15.9. The van der Waals surface area contributed by atoms with Crippen LogP contribution in [0.5, 0.6) is 11.5 Å². The molecule has 0 unspecified atom stereocenters. The molecule has 0 aliphatic heterocycles. The number of rotatable bonds is 8. The van der Waals surface area contributed by atoms with Crippen LogP contribution in [0.1, 0.15) is 32.3 Å². The van der Waals surface area contributed by atoms with Crippen molar-refractivity contribution >= 4 is 0 Å². The molecule has 0 saturated heterocycles. The van der Waals surface area contributed by atoms with Crippen LogP contribution in [-0.2, 0) is 13.6 Å². The van der Waals surface area contributed by atoms with Crippen molar-refractivity contribution in [1.82, 2.24) is 4.57 Å². The van der Waals surface area contributed by atoms with Crippen LogP contribution < -0.4 is 14.0 Å². The van der Waals surface area contributed by atoms with Crippen LogP contribution in [0, 0.1) is 6.92 Å². The van der Waals surface area contributed by atoms with Gasteiger partial charge in [0.25, 0.3) is 0 Å². The Morgan fingerprint density at radius 3 is 2.68 bits per heavy atom. The van der Waals surface area contributed by atoms with E-state index >= 15 is 0 Å². The highest BCUT2D eigenvalue weighted by atomic mass is 16.5. The molecular weight excluding hydrogens is 276 g/mol. The lowest BCUT2D eigenvalue weighted by Crippen LogP contribution is -2.23. The second-order valence-electron chi connectivity index (χ2n) is 5.97. The standard InChI is InChI=1S/C18H27N2O2/c1-15(2)22-18-8-7-17(13-16(18)3)21-12-6-5-9-20-11-10-19(4)14-20/h7-8,10-11,13-15H,5-6,9,12H2,1-4H3/q+1. The number of ether oxygens (including phenoxy) is 2. The Morgan fingerprint density at radius 2 is 2.05 bits per heavy atom. The molecule has 0 saturated carbocycles. The Kier molecular flexibility index (Phi) is 5.87. The largest absolute Gasteiger partial charge is 0.494 e. The first-order valence-corrected chi connectivity index (χ1v) is 7.95. The van der Waals surface area contributed by atoms with E-state index in [2.05, 4.69) is 34.8 Å². The summed E-state index contributed by atoms with van der Waals surface area (Å²) in [4.78, 5) is 0. The van der Waals surface area contributed by atoms with E-state index in [9.17, 15) is 0 Å². The molecule has 1 aromatic carbocycles. The summed E-state index contributed by atoms with van der Waals surface area (Å²) in [5.74, 6) is 1.85. The highest BCUT2D eigenvalue weighted by Gasteiger charge is 2.04. The van der Waals surface area contributed by atoms with Crippen LogP contribution in [-0.4, -0.2) is 17.3 Å². The molecule has 4 nitrogen and oxygen atoms in total. The molecule has 0 fully saturated rings. The smallest absolute Gasteiger partial charge is 0.243 e. The zero-order valence-electron chi connectivity index (χ0n) is 14.1. The molecule has 2 aromatic rings. The number of aromatic nitrogens is 2. The molecule has 0 amide bonds. The Hall–Kier alpha value is -1.97. The molecule has 1 heterocycles. The van der Waals surface area contributed by atoms with Crippen molar-refractivity contribution in [2.45, 2.75) is 46.3 Å². The second-order valence-corrected chi connectivity index (χ2v) is 5.97. The average molecular weight is 303 g/mol. The highest BCUT2D eigenvalue weighted by molar-refractivity contribution is 5.39. The fourth-order valence-corrected chi connectivity index (χ4v) is 2.32. The van der Waals surface area contributed by atoms with E-state index in [1.807, 2.05) is 39.1 Å². The van der Waals surface area contributed by atoms with Gasteiger partial charge in [-0.2, -0.15) is 0 Å². The summed E-state index contributed by atoms with van der Waals surface area (Å²) in [5.41, 5.74) is 1.12. The van der Waals surface area contributed by atoms with Crippen LogP contribution in [0.15, 0.2) is 36.9 Å². The molecule has 0 radical (unpaired) electrons. The van der Waals surface area contributed by atoms with Gasteiger partial charge in [0.1, 0.15) is 23.9 Å². The number of nitrogens with zero attached hydrogens (tertiary/aromatic N) is 2. The maximum atomic E-state index is 5.82. The molecule has 2 rings (SSSR count). The average Bonchev–Trinajstić information content (AvgIpc) is 2.86. The van der Waals surface area contributed by atoms with E-state index in [0.717, 1.165) is 43.1 Å². The Labute approximate surface area is 133 Å². The van der Waals surface area contributed by atoms with Gasteiger partial charge in [-0.25, -0.2) is 9.13 Å². The number of hydrogen-bond acceptors (Lipinski definition) is 2. The van der Waals surface area contributed by atoms with E-state index in [-0.39, 0.29) is 6.10 Å². The van der Waals surface area contributed by atoms with Crippen LogP contribution >= 0.6 is 0 Å². The lowest BCUT2D eigenvalue weighted by atomic mass is 10.2. The second kappa shape index (κ2) is 7.87. The third kappa shape index (κ3) is 5.10. The molecule has 0 aliphatic carbocycles. The molecule has 0 atom stereocenters. The van der Waals surface area contributed by atoms with Gasteiger partial charge in [-0.05, 0) is 57.4 Å². The summed E-state index contributed by atoms with van der Waals surface area (Å²) < 4.78 is 15.8. The number of unbranched alkanes of at least 4 members (excludes halogenated alkanes) is 1. The summed E-state index contributed by atoms with van der Waals surface area (Å²) in [6, 6.07) is 6.02. The Bertz CT molecular complexity index is 591. The van der Waals surface area contributed by atoms with E-state index in [0.29, 0.717) is 0 Å². The SMILES string of the molecule is Cc1cc(OCCCCn2cc[n+](C)c2)ccc1OC(C)C. The first kappa shape index (κ1) is 16.4. The molecule has 4 heteroatoms. The number of imidazole rings is 1. The van der Waals surface area contributed by atoms with Crippen molar-refractivity contribution in [3.8, 4) is 11.5 Å². The summed E-state index contributed by atoms with van der Waals surface area (Å²) in [7, 11) is 2.04. The highest BCUT2D eigenvalue weighted by Crippen LogP contribution is 2.24. The molecule has 0 bridgehead atoms. The Morgan fingerprint density at radius 1 is 1.23 bits per heavy atom.